The molecule has 118 valence electrons. The molecule has 5 nitrogen and oxygen atoms in total. The number of amides is 1. The Bertz CT molecular complexity index is 672. The lowest BCUT2D eigenvalue weighted by Gasteiger charge is -2.11. The van der Waals surface area contributed by atoms with Crippen LogP contribution in [0.15, 0.2) is 23.6 Å². The number of carbonyl (C=O) groups excluding carboxylic acids is 2. The number of hydrogen-bond donors (Lipinski definition) is 0. The molecule has 0 unspecified atom stereocenters. The van der Waals surface area contributed by atoms with Crippen molar-refractivity contribution in [1.82, 2.24) is 9.47 Å². The van der Waals surface area contributed by atoms with Gasteiger partial charge in [-0.25, -0.2) is 4.79 Å². The first kappa shape index (κ1) is 16.3. The molecule has 2 aromatic heterocycles. The predicted molar refractivity (Wildman–Crippen MR) is 86.3 cm³/mol. The van der Waals surface area contributed by atoms with Gasteiger partial charge in [-0.05, 0) is 31.4 Å². The van der Waals surface area contributed by atoms with Gasteiger partial charge in [0.2, 0.25) is 0 Å². The lowest BCUT2D eigenvalue weighted by Crippen LogP contribution is -2.27. The molecule has 6 heteroatoms. The Labute approximate surface area is 134 Å². The van der Waals surface area contributed by atoms with Crippen LogP contribution in [0.25, 0.3) is 0 Å². The fourth-order valence-corrected chi connectivity index (χ4v) is 2.84. The van der Waals surface area contributed by atoms with Gasteiger partial charge >= 0.3 is 5.97 Å². The summed E-state index contributed by atoms with van der Waals surface area (Å²) in [6, 6.07) is 5.89. The molecule has 2 heterocycles. The van der Waals surface area contributed by atoms with Crippen LogP contribution in [0.1, 0.15) is 26.6 Å². The molecule has 0 aliphatic rings. The van der Waals surface area contributed by atoms with Gasteiger partial charge in [-0.2, -0.15) is 0 Å². The summed E-state index contributed by atoms with van der Waals surface area (Å²) < 4.78 is 7.17. The van der Waals surface area contributed by atoms with Crippen molar-refractivity contribution in [2.24, 2.45) is 0 Å². The second kappa shape index (κ2) is 6.79. The maximum absolute atomic E-state index is 12.2. The fraction of sp³-hybridized carbons (Fsp3) is 0.375. The van der Waals surface area contributed by atoms with Crippen molar-refractivity contribution in [3.63, 3.8) is 0 Å². The molecule has 1 amide bonds. The second-order valence-electron chi connectivity index (χ2n) is 5.31. The number of nitrogens with zero attached hydrogens (tertiary/aromatic N) is 2. The number of rotatable bonds is 5. The van der Waals surface area contributed by atoms with E-state index in [4.69, 9.17) is 4.74 Å². The smallest absolute Gasteiger partial charge is 0.340 e. The first-order chi connectivity index (χ1) is 10.4. The quantitative estimate of drug-likeness (QED) is 0.795. The van der Waals surface area contributed by atoms with E-state index in [1.54, 1.807) is 25.4 Å². The largest absolute Gasteiger partial charge is 0.452 e. The molecule has 0 aromatic carbocycles. The van der Waals surface area contributed by atoms with E-state index in [0.717, 1.165) is 17.9 Å². The summed E-state index contributed by atoms with van der Waals surface area (Å²) in [5.41, 5.74) is 2.37. The van der Waals surface area contributed by atoms with Crippen molar-refractivity contribution in [2.75, 3.05) is 20.7 Å². The highest BCUT2D eigenvalue weighted by Crippen LogP contribution is 2.20. The second-order valence-corrected chi connectivity index (χ2v) is 6.35. The minimum Gasteiger partial charge on any atom is -0.452 e. The molecule has 0 aliphatic heterocycles. The zero-order valence-electron chi connectivity index (χ0n) is 13.3. The van der Waals surface area contributed by atoms with Gasteiger partial charge in [0.05, 0.1) is 12.1 Å². The molecule has 2 rings (SSSR count). The van der Waals surface area contributed by atoms with Crippen LogP contribution in [-0.2, 0) is 16.1 Å². The Morgan fingerprint density at radius 3 is 2.64 bits per heavy atom. The maximum atomic E-state index is 12.2. The maximum Gasteiger partial charge on any atom is 0.340 e. The topological polar surface area (TPSA) is 51.5 Å². The number of carbonyl (C=O) groups is 2. The lowest BCUT2D eigenvalue weighted by molar-refractivity contribution is -0.131. The van der Waals surface area contributed by atoms with Crippen LogP contribution in [0.4, 0.5) is 0 Å². The number of thiophene rings is 1. The number of ether oxygens (including phenoxy) is 1. The van der Waals surface area contributed by atoms with Crippen LogP contribution in [0.3, 0.4) is 0 Å². The Morgan fingerprint density at radius 1 is 1.32 bits per heavy atom. The van der Waals surface area contributed by atoms with E-state index in [1.165, 1.54) is 9.78 Å². The zero-order valence-corrected chi connectivity index (χ0v) is 14.1. The third-order valence-corrected chi connectivity index (χ3v) is 4.37. The molecule has 0 N–H and O–H groups in total. The third kappa shape index (κ3) is 3.57. The number of likely N-dealkylation sites (N-methyl/N-ethyl adjacent to an activating group) is 1. The summed E-state index contributed by atoms with van der Waals surface area (Å²) in [6.07, 6.45) is 0. The van der Waals surface area contributed by atoms with Crippen LogP contribution < -0.4 is 0 Å². The van der Waals surface area contributed by atoms with Crippen molar-refractivity contribution in [3.05, 3.63) is 45.4 Å². The highest BCUT2D eigenvalue weighted by atomic mass is 32.1. The van der Waals surface area contributed by atoms with Gasteiger partial charge in [-0.3, -0.25) is 4.79 Å². The molecule has 2 aromatic rings. The average molecular weight is 320 g/mol. The molecule has 22 heavy (non-hydrogen) atoms. The van der Waals surface area contributed by atoms with Gasteiger partial charge < -0.3 is 14.2 Å². The van der Waals surface area contributed by atoms with Gasteiger partial charge in [0, 0.05) is 30.4 Å². The molecular formula is C16H20N2O3S. The predicted octanol–water partition coefficient (Wildman–Crippen LogP) is 2.46. The summed E-state index contributed by atoms with van der Waals surface area (Å²) >= 11 is 1.68. The molecule has 0 saturated heterocycles. The standard InChI is InChI=1S/C16H20N2O3S/c1-11-8-14(16(20)21-10-15(19)17(3)4)12(2)18(11)9-13-6-5-7-22-13/h5-8H,9-10H2,1-4H3. The van der Waals surface area contributed by atoms with E-state index in [2.05, 4.69) is 10.6 Å². The molecule has 0 atom stereocenters. The third-order valence-electron chi connectivity index (χ3n) is 3.51. The van der Waals surface area contributed by atoms with E-state index in [9.17, 15) is 9.59 Å². The van der Waals surface area contributed by atoms with Crippen molar-refractivity contribution in [3.8, 4) is 0 Å². The molecule has 0 radical (unpaired) electrons. The Balaban J connectivity index is 2.12. The number of aryl methyl sites for hydroxylation is 1. The number of esters is 1. The van der Waals surface area contributed by atoms with Crippen molar-refractivity contribution >= 4 is 23.2 Å². The van der Waals surface area contributed by atoms with Gasteiger partial charge in [0.15, 0.2) is 6.61 Å². The average Bonchev–Trinajstić information content (AvgIpc) is 3.07. The molecule has 0 saturated carbocycles. The summed E-state index contributed by atoms with van der Waals surface area (Å²) in [5.74, 6) is -0.693. The number of aromatic nitrogens is 1. The van der Waals surface area contributed by atoms with Gasteiger partial charge in [-0.1, -0.05) is 6.07 Å². The normalized spacial score (nSPS) is 10.5. The summed E-state index contributed by atoms with van der Waals surface area (Å²) in [7, 11) is 3.26. The summed E-state index contributed by atoms with van der Waals surface area (Å²) in [4.78, 5) is 26.3. The molecular weight excluding hydrogens is 300 g/mol. The van der Waals surface area contributed by atoms with Crippen molar-refractivity contribution < 1.29 is 14.3 Å². The van der Waals surface area contributed by atoms with E-state index in [0.29, 0.717) is 5.56 Å². The molecule has 0 fully saturated rings. The highest BCUT2D eigenvalue weighted by molar-refractivity contribution is 7.09. The number of hydrogen-bond acceptors (Lipinski definition) is 4. The van der Waals surface area contributed by atoms with E-state index >= 15 is 0 Å². The van der Waals surface area contributed by atoms with Crippen LogP contribution in [0, 0.1) is 13.8 Å². The Morgan fingerprint density at radius 2 is 2.05 bits per heavy atom. The fourth-order valence-electron chi connectivity index (χ4n) is 2.14. The Hall–Kier alpha value is -2.08. The van der Waals surface area contributed by atoms with E-state index in [-0.39, 0.29) is 12.5 Å². The van der Waals surface area contributed by atoms with Crippen molar-refractivity contribution in [1.29, 1.82) is 0 Å². The Kier molecular flexibility index (Phi) is 5.03. The van der Waals surface area contributed by atoms with Crippen LogP contribution >= 0.6 is 11.3 Å². The summed E-state index contributed by atoms with van der Waals surface area (Å²) in [6.45, 7) is 4.35. The van der Waals surface area contributed by atoms with Crippen LogP contribution in [-0.4, -0.2) is 42.0 Å². The highest BCUT2D eigenvalue weighted by Gasteiger charge is 2.18. The van der Waals surface area contributed by atoms with E-state index < -0.39 is 5.97 Å². The van der Waals surface area contributed by atoms with Gasteiger partial charge in [0.25, 0.3) is 5.91 Å². The van der Waals surface area contributed by atoms with E-state index in [1.807, 2.05) is 31.4 Å². The van der Waals surface area contributed by atoms with Crippen LogP contribution in [0.5, 0.6) is 0 Å². The minimum absolute atomic E-state index is 0.235. The molecule has 0 bridgehead atoms. The lowest BCUT2D eigenvalue weighted by atomic mass is 10.2. The monoisotopic (exact) mass is 320 g/mol. The first-order valence-corrected chi connectivity index (χ1v) is 7.84. The molecule has 0 spiro atoms. The first-order valence-electron chi connectivity index (χ1n) is 6.96. The van der Waals surface area contributed by atoms with Gasteiger partial charge in [-0.15, -0.1) is 11.3 Å². The van der Waals surface area contributed by atoms with Gasteiger partial charge in [0.1, 0.15) is 0 Å². The zero-order chi connectivity index (χ0) is 16.3. The minimum atomic E-state index is -0.458. The van der Waals surface area contributed by atoms with Crippen molar-refractivity contribution in [2.45, 2.75) is 20.4 Å². The SMILES string of the molecule is Cc1cc(C(=O)OCC(=O)N(C)C)c(C)n1Cc1cccs1. The molecule has 0 aliphatic carbocycles. The van der Waals surface area contributed by atoms with Crippen LogP contribution in [0.2, 0.25) is 0 Å². The summed E-state index contributed by atoms with van der Waals surface area (Å²) in [5, 5.41) is 2.03.